The van der Waals surface area contributed by atoms with Crippen molar-refractivity contribution in [1.29, 1.82) is 0 Å². The molecule has 6 heteroatoms. The smallest absolute Gasteiger partial charge is 0.237 e. The largest absolute Gasteiger partial charge is 0.494 e. The molecule has 0 aromatic heterocycles. The molecule has 1 aromatic carbocycles. The van der Waals surface area contributed by atoms with Gasteiger partial charge >= 0.3 is 0 Å². The van der Waals surface area contributed by atoms with Crippen molar-refractivity contribution in [3.05, 3.63) is 24.0 Å². The molecule has 3 N–H and O–H groups in total. The van der Waals surface area contributed by atoms with Crippen LogP contribution >= 0.6 is 12.2 Å². The van der Waals surface area contributed by atoms with Gasteiger partial charge in [0.15, 0.2) is 11.6 Å². The molecule has 0 atom stereocenters. The first-order chi connectivity index (χ1) is 9.41. The second kappa shape index (κ2) is 6.65. The van der Waals surface area contributed by atoms with E-state index in [0.717, 1.165) is 0 Å². The SMILES string of the molecule is CCC(CC)(C(=O)Nc1ccc(F)c(OC)c1)C(N)=S. The zero-order chi connectivity index (χ0) is 15.3. The summed E-state index contributed by atoms with van der Waals surface area (Å²) in [5, 5.41) is 2.71. The number of methoxy groups -OCH3 is 1. The van der Waals surface area contributed by atoms with Gasteiger partial charge in [-0.05, 0) is 25.0 Å². The van der Waals surface area contributed by atoms with E-state index in [1.54, 1.807) is 0 Å². The van der Waals surface area contributed by atoms with E-state index >= 15 is 0 Å². The Hall–Kier alpha value is -1.69. The lowest BCUT2D eigenvalue weighted by molar-refractivity contribution is -0.122. The van der Waals surface area contributed by atoms with E-state index in [2.05, 4.69) is 5.32 Å². The molecule has 0 aliphatic heterocycles. The first-order valence-electron chi connectivity index (χ1n) is 6.36. The van der Waals surface area contributed by atoms with E-state index in [-0.39, 0.29) is 16.6 Å². The number of halogens is 1. The van der Waals surface area contributed by atoms with Crippen molar-refractivity contribution < 1.29 is 13.9 Å². The molecular formula is C14H19FN2O2S. The molecule has 4 nitrogen and oxygen atoms in total. The van der Waals surface area contributed by atoms with Crippen LogP contribution in [0.5, 0.6) is 5.75 Å². The van der Waals surface area contributed by atoms with E-state index in [9.17, 15) is 9.18 Å². The molecule has 0 fully saturated rings. The van der Waals surface area contributed by atoms with Crippen molar-refractivity contribution in [1.82, 2.24) is 0 Å². The first kappa shape index (κ1) is 16.4. The Labute approximate surface area is 123 Å². The van der Waals surface area contributed by atoms with Crippen molar-refractivity contribution in [2.75, 3.05) is 12.4 Å². The first-order valence-corrected chi connectivity index (χ1v) is 6.77. The Balaban J connectivity index is 3.03. The molecule has 0 radical (unpaired) electrons. The summed E-state index contributed by atoms with van der Waals surface area (Å²) < 4.78 is 18.2. The van der Waals surface area contributed by atoms with Gasteiger partial charge < -0.3 is 15.8 Å². The monoisotopic (exact) mass is 298 g/mol. The van der Waals surface area contributed by atoms with E-state index in [4.69, 9.17) is 22.7 Å². The topological polar surface area (TPSA) is 64.3 Å². The summed E-state index contributed by atoms with van der Waals surface area (Å²) in [6.45, 7) is 3.71. The van der Waals surface area contributed by atoms with Crippen molar-refractivity contribution in [3.8, 4) is 5.75 Å². The molecule has 0 spiro atoms. The van der Waals surface area contributed by atoms with Crippen LogP contribution < -0.4 is 15.8 Å². The maximum absolute atomic E-state index is 13.3. The number of ether oxygens (including phenoxy) is 1. The quantitative estimate of drug-likeness (QED) is 0.793. The average molecular weight is 298 g/mol. The number of carbonyl (C=O) groups is 1. The maximum atomic E-state index is 13.3. The van der Waals surface area contributed by atoms with Gasteiger partial charge in [0.25, 0.3) is 0 Å². The number of benzene rings is 1. The Morgan fingerprint density at radius 2 is 2.05 bits per heavy atom. The lowest BCUT2D eigenvalue weighted by Gasteiger charge is -2.28. The standard InChI is InChI=1S/C14H19FN2O2S/c1-4-14(5-2,12(16)20)13(18)17-9-6-7-10(15)11(8-9)19-3/h6-8H,4-5H2,1-3H3,(H2,16,20)(H,17,18). The summed E-state index contributed by atoms with van der Waals surface area (Å²) >= 11 is 5.02. The van der Waals surface area contributed by atoms with E-state index in [0.29, 0.717) is 18.5 Å². The summed E-state index contributed by atoms with van der Waals surface area (Å²) in [6, 6.07) is 4.11. The van der Waals surface area contributed by atoms with Gasteiger partial charge in [0.05, 0.1) is 17.5 Å². The Bertz CT molecular complexity index is 516. The average Bonchev–Trinajstić information content (AvgIpc) is 2.42. The van der Waals surface area contributed by atoms with E-state index < -0.39 is 11.2 Å². The van der Waals surface area contributed by atoms with Crippen LogP contribution in [0.15, 0.2) is 18.2 Å². The number of nitrogens with one attached hydrogen (secondary N) is 1. The number of nitrogens with two attached hydrogens (primary N) is 1. The van der Waals surface area contributed by atoms with Crippen LogP contribution in [0.3, 0.4) is 0 Å². The second-order valence-electron chi connectivity index (χ2n) is 4.46. The number of thiocarbonyl (C=S) groups is 1. The lowest BCUT2D eigenvalue weighted by Crippen LogP contribution is -2.45. The Morgan fingerprint density at radius 3 is 2.50 bits per heavy atom. The van der Waals surface area contributed by atoms with E-state index in [1.807, 2.05) is 13.8 Å². The van der Waals surface area contributed by atoms with Crippen molar-refractivity contribution in [2.24, 2.45) is 11.1 Å². The molecular weight excluding hydrogens is 279 g/mol. The molecule has 20 heavy (non-hydrogen) atoms. The molecule has 1 amide bonds. The number of hydrogen-bond acceptors (Lipinski definition) is 3. The zero-order valence-corrected chi connectivity index (χ0v) is 12.6. The minimum Gasteiger partial charge on any atom is -0.494 e. The minimum absolute atomic E-state index is 0.0664. The number of hydrogen-bond donors (Lipinski definition) is 2. The fourth-order valence-corrected chi connectivity index (χ4v) is 2.40. The summed E-state index contributed by atoms with van der Waals surface area (Å²) in [4.78, 5) is 12.6. The maximum Gasteiger partial charge on any atom is 0.237 e. The van der Waals surface area contributed by atoms with Gasteiger partial charge in [-0.25, -0.2) is 4.39 Å². The van der Waals surface area contributed by atoms with Crippen molar-refractivity contribution in [3.63, 3.8) is 0 Å². The van der Waals surface area contributed by atoms with Crippen LogP contribution in [-0.2, 0) is 4.79 Å². The van der Waals surface area contributed by atoms with Crippen LogP contribution in [0.25, 0.3) is 0 Å². The number of rotatable bonds is 6. The number of anilines is 1. The second-order valence-corrected chi connectivity index (χ2v) is 4.90. The van der Waals surface area contributed by atoms with Crippen LogP contribution in [-0.4, -0.2) is 18.0 Å². The van der Waals surface area contributed by atoms with Gasteiger partial charge in [0, 0.05) is 11.8 Å². The van der Waals surface area contributed by atoms with E-state index in [1.165, 1.54) is 25.3 Å². The number of amides is 1. The highest BCUT2D eigenvalue weighted by molar-refractivity contribution is 7.80. The third kappa shape index (κ3) is 3.07. The van der Waals surface area contributed by atoms with Crippen LogP contribution in [0.4, 0.5) is 10.1 Å². The molecule has 0 unspecified atom stereocenters. The Morgan fingerprint density at radius 1 is 1.45 bits per heavy atom. The predicted octanol–water partition coefficient (Wildman–Crippen LogP) is 2.87. The normalized spacial score (nSPS) is 11.0. The van der Waals surface area contributed by atoms with Crippen LogP contribution in [0.2, 0.25) is 0 Å². The van der Waals surface area contributed by atoms with Crippen LogP contribution in [0.1, 0.15) is 26.7 Å². The van der Waals surface area contributed by atoms with Gasteiger partial charge in [-0.3, -0.25) is 4.79 Å². The Kier molecular flexibility index (Phi) is 5.44. The molecule has 0 heterocycles. The van der Waals surface area contributed by atoms with Gasteiger partial charge in [0.1, 0.15) is 0 Å². The molecule has 0 aliphatic carbocycles. The molecule has 1 rings (SSSR count). The summed E-state index contributed by atoms with van der Waals surface area (Å²) in [7, 11) is 1.36. The van der Waals surface area contributed by atoms with Crippen molar-refractivity contribution >= 4 is 28.8 Å². The molecule has 0 saturated carbocycles. The summed E-state index contributed by atoms with van der Waals surface area (Å²) in [6.07, 6.45) is 1.01. The highest BCUT2D eigenvalue weighted by atomic mass is 32.1. The third-order valence-electron chi connectivity index (χ3n) is 3.52. The van der Waals surface area contributed by atoms with Gasteiger partial charge in [-0.15, -0.1) is 0 Å². The fourth-order valence-electron chi connectivity index (χ4n) is 2.02. The highest BCUT2D eigenvalue weighted by Crippen LogP contribution is 2.30. The molecule has 0 aliphatic rings. The van der Waals surface area contributed by atoms with Gasteiger partial charge in [0.2, 0.25) is 5.91 Å². The molecule has 1 aromatic rings. The summed E-state index contributed by atoms with van der Waals surface area (Å²) in [5.74, 6) is -0.711. The van der Waals surface area contributed by atoms with Gasteiger partial charge in [-0.2, -0.15) is 0 Å². The van der Waals surface area contributed by atoms with Gasteiger partial charge in [-0.1, -0.05) is 26.1 Å². The fraction of sp³-hybridized carbons (Fsp3) is 0.429. The molecule has 0 bridgehead atoms. The minimum atomic E-state index is -0.892. The third-order valence-corrected chi connectivity index (χ3v) is 3.91. The highest BCUT2D eigenvalue weighted by Gasteiger charge is 2.38. The molecule has 0 saturated heterocycles. The zero-order valence-electron chi connectivity index (χ0n) is 11.8. The number of carbonyl (C=O) groups excluding carboxylic acids is 1. The summed E-state index contributed by atoms with van der Waals surface area (Å²) in [5.41, 5.74) is 5.26. The lowest BCUT2D eigenvalue weighted by atomic mass is 9.81. The van der Waals surface area contributed by atoms with Crippen molar-refractivity contribution in [2.45, 2.75) is 26.7 Å². The van der Waals surface area contributed by atoms with Crippen LogP contribution in [0, 0.1) is 11.2 Å². The predicted molar refractivity (Wildman–Crippen MR) is 81.4 cm³/mol. The molecule has 110 valence electrons.